The third-order valence-electron chi connectivity index (χ3n) is 3.70. The first-order chi connectivity index (χ1) is 11.1. The van der Waals surface area contributed by atoms with Crippen LogP contribution in [0.2, 0.25) is 5.02 Å². The van der Waals surface area contributed by atoms with E-state index >= 15 is 0 Å². The lowest BCUT2D eigenvalue weighted by atomic mass is 9.94. The number of aliphatic hydroxyl groups is 1. The van der Waals surface area contributed by atoms with Gasteiger partial charge in [-0.2, -0.15) is 5.10 Å². The zero-order valence-electron chi connectivity index (χ0n) is 14.0. The Labute approximate surface area is 146 Å². The number of halogens is 1. The molecule has 0 aliphatic heterocycles. The van der Waals surface area contributed by atoms with Crippen LogP contribution in [0.5, 0.6) is 0 Å². The van der Waals surface area contributed by atoms with Crippen molar-refractivity contribution >= 4 is 17.6 Å². The number of benzene rings is 1. The van der Waals surface area contributed by atoms with E-state index in [0.717, 1.165) is 11.1 Å². The molecule has 0 aliphatic rings. The zero-order valence-corrected chi connectivity index (χ0v) is 14.7. The molecule has 0 spiro atoms. The summed E-state index contributed by atoms with van der Waals surface area (Å²) in [6.07, 6.45) is 2.54. The van der Waals surface area contributed by atoms with Gasteiger partial charge in [-0.1, -0.05) is 24.2 Å². The maximum atomic E-state index is 10.9. The Kier molecular flexibility index (Phi) is 5.16. The third kappa shape index (κ3) is 4.04. The summed E-state index contributed by atoms with van der Waals surface area (Å²) in [5, 5.41) is 24.3. The summed E-state index contributed by atoms with van der Waals surface area (Å²) < 4.78 is 1.83. The third-order valence-corrected chi connectivity index (χ3v) is 3.93. The Morgan fingerprint density at radius 1 is 1.42 bits per heavy atom. The van der Waals surface area contributed by atoms with Crippen molar-refractivity contribution in [2.75, 3.05) is 0 Å². The Bertz CT molecular complexity index is 775. The molecule has 1 heterocycles. The van der Waals surface area contributed by atoms with Gasteiger partial charge in [-0.25, -0.2) is 4.79 Å². The number of aliphatic carboxylic acids is 1. The first-order valence-corrected chi connectivity index (χ1v) is 7.91. The SMILES string of the molecule is C=C(CC(O)c1ccc(Cl)cc1-c1cnn(C(C)(C)C)c1)C(=O)O. The van der Waals surface area contributed by atoms with Crippen molar-refractivity contribution in [2.45, 2.75) is 38.8 Å². The molecule has 0 aliphatic carbocycles. The molecule has 24 heavy (non-hydrogen) atoms. The van der Waals surface area contributed by atoms with E-state index < -0.39 is 12.1 Å². The number of nitrogens with zero attached hydrogens (tertiary/aromatic N) is 2. The molecule has 0 fully saturated rings. The number of aromatic nitrogens is 2. The fourth-order valence-electron chi connectivity index (χ4n) is 2.33. The minimum Gasteiger partial charge on any atom is -0.478 e. The van der Waals surface area contributed by atoms with Gasteiger partial charge < -0.3 is 10.2 Å². The predicted octanol–water partition coefficient (Wildman–Crippen LogP) is 4.02. The summed E-state index contributed by atoms with van der Waals surface area (Å²) in [5.41, 5.74) is 1.91. The van der Waals surface area contributed by atoms with Gasteiger partial charge in [0.1, 0.15) is 0 Å². The Morgan fingerprint density at radius 2 is 2.08 bits per heavy atom. The molecule has 0 radical (unpaired) electrons. The quantitative estimate of drug-likeness (QED) is 0.800. The van der Waals surface area contributed by atoms with Crippen LogP contribution in [0.15, 0.2) is 42.7 Å². The molecule has 2 N–H and O–H groups in total. The van der Waals surface area contributed by atoms with Crippen LogP contribution in [0.3, 0.4) is 0 Å². The summed E-state index contributed by atoms with van der Waals surface area (Å²) >= 11 is 6.10. The summed E-state index contributed by atoms with van der Waals surface area (Å²) in [6.45, 7) is 9.58. The maximum absolute atomic E-state index is 10.9. The highest BCUT2D eigenvalue weighted by Crippen LogP contribution is 2.33. The molecule has 5 nitrogen and oxygen atoms in total. The number of carbonyl (C=O) groups is 1. The van der Waals surface area contributed by atoms with E-state index in [2.05, 4.69) is 11.7 Å². The molecule has 0 saturated heterocycles. The largest absolute Gasteiger partial charge is 0.478 e. The Morgan fingerprint density at radius 3 is 2.62 bits per heavy atom. The second-order valence-corrected chi connectivity index (χ2v) is 7.14. The van der Waals surface area contributed by atoms with Gasteiger partial charge in [-0.15, -0.1) is 0 Å². The van der Waals surface area contributed by atoms with Crippen molar-refractivity contribution in [1.82, 2.24) is 9.78 Å². The zero-order chi connectivity index (χ0) is 18.1. The van der Waals surface area contributed by atoms with Gasteiger partial charge in [0, 0.05) is 28.8 Å². The lowest BCUT2D eigenvalue weighted by molar-refractivity contribution is -0.133. The molecule has 1 aromatic heterocycles. The van der Waals surface area contributed by atoms with Crippen LogP contribution in [0.4, 0.5) is 0 Å². The maximum Gasteiger partial charge on any atom is 0.331 e. The second-order valence-electron chi connectivity index (χ2n) is 6.70. The van der Waals surface area contributed by atoms with Gasteiger partial charge in [0.15, 0.2) is 0 Å². The van der Waals surface area contributed by atoms with Gasteiger partial charge in [-0.05, 0) is 44.0 Å². The van der Waals surface area contributed by atoms with E-state index in [-0.39, 0.29) is 17.5 Å². The van der Waals surface area contributed by atoms with Crippen LogP contribution in [0.25, 0.3) is 11.1 Å². The van der Waals surface area contributed by atoms with Crippen LogP contribution < -0.4 is 0 Å². The van der Waals surface area contributed by atoms with Crippen molar-refractivity contribution < 1.29 is 15.0 Å². The molecule has 2 aromatic rings. The topological polar surface area (TPSA) is 75.4 Å². The summed E-state index contributed by atoms with van der Waals surface area (Å²) in [5.74, 6) is -1.12. The molecule has 1 unspecified atom stereocenters. The summed E-state index contributed by atoms with van der Waals surface area (Å²) in [4.78, 5) is 10.9. The van der Waals surface area contributed by atoms with E-state index in [9.17, 15) is 9.90 Å². The van der Waals surface area contributed by atoms with E-state index in [1.807, 2.05) is 31.6 Å². The summed E-state index contributed by atoms with van der Waals surface area (Å²) in [7, 11) is 0. The van der Waals surface area contributed by atoms with Crippen molar-refractivity contribution in [3.63, 3.8) is 0 Å². The molecule has 1 atom stereocenters. The van der Waals surface area contributed by atoms with Gasteiger partial charge in [0.25, 0.3) is 0 Å². The first kappa shape index (κ1) is 18.2. The first-order valence-electron chi connectivity index (χ1n) is 7.53. The van der Waals surface area contributed by atoms with E-state index in [0.29, 0.717) is 10.6 Å². The summed E-state index contributed by atoms with van der Waals surface area (Å²) in [6, 6.07) is 5.11. The lowest BCUT2D eigenvalue weighted by Crippen LogP contribution is -2.21. The molecular weight excluding hydrogens is 328 g/mol. The Hall–Kier alpha value is -2.11. The van der Waals surface area contributed by atoms with Gasteiger partial charge in [0.05, 0.1) is 17.8 Å². The smallest absolute Gasteiger partial charge is 0.331 e. The van der Waals surface area contributed by atoms with Crippen LogP contribution >= 0.6 is 11.6 Å². The minimum atomic E-state index is -1.12. The van der Waals surface area contributed by atoms with Crippen LogP contribution in [0, 0.1) is 0 Å². The molecule has 0 bridgehead atoms. The number of aliphatic hydroxyl groups excluding tert-OH is 1. The average molecular weight is 349 g/mol. The molecule has 6 heteroatoms. The van der Waals surface area contributed by atoms with Crippen LogP contribution in [-0.2, 0) is 10.3 Å². The Balaban J connectivity index is 2.43. The van der Waals surface area contributed by atoms with E-state index in [4.69, 9.17) is 16.7 Å². The number of carboxylic acids is 1. The van der Waals surface area contributed by atoms with Crippen molar-refractivity contribution in [3.05, 3.63) is 53.3 Å². The molecule has 0 amide bonds. The number of hydrogen-bond donors (Lipinski definition) is 2. The fraction of sp³-hybridized carbons (Fsp3) is 0.333. The van der Waals surface area contributed by atoms with Gasteiger partial charge in [-0.3, -0.25) is 4.68 Å². The highest BCUT2D eigenvalue weighted by molar-refractivity contribution is 6.30. The van der Waals surface area contributed by atoms with Crippen LogP contribution in [-0.4, -0.2) is 26.0 Å². The monoisotopic (exact) mass is 348 g/mol. The molecule has 0 saturated carbocycles. The van der Waals surface area contributed by atoms with Crippen molar-refractivity contribution in [2.24, 2.45) is 0 Å². The normalized spacial score (nSPS) is 12.9. The number of carboxylic acid groups (broad SMARTS) is 1. The van der Waals surface area contributed by atoms with Crippen molar-refractivity contribution in [3.8, 4) is 11.1 Å². The molecule has 128 valence electrons. The minimum absolute atomic E-state index is 0.0474. The lowest BCUT2D eigenvalue weighted by Gasteiger charge is -2.19. The second kappa shape index (κ2) is 6.79. The van der Waals surface area contributed by atoms with Crippen LogP contribution in [0.1, 0.15) is 38.9 Å². The standard InChI is InChI=1S/C18H21ClN2O3/c1-11(17(23)24)7-16(22)14-6-5-13(19)8-15(14)12-9-20-21(10-12)18(2,3)4/h5-6,8-10,16,22H,1,7H2,2-4H3,(H,23,24). The van der Waals surface area contributed by atoms with E-state index in [1.165, 1.54) is 0 Å². The van der Waals surface area contributed by atoms with Crippen molar-refractivity contribution in [1.29, 1.82) is 0 Å². The predicted molar refractivity (Wildman–Crippen MR) is 94.0 cm³/mol. The highest BCUT2D eigenvalue weighted by atomic mass is 35.5. The molecular formula is C18H21ClN2O3. The highest BCUT2D eigenvalue weighted by Gasteiger charge is 2.20. The molecule has 2 rings (SSSR count). The number of hydrogen-bond acceptors (Lipinski definition) is 3. The van der Waals surface area contributed by atoms with E-state index in [1.54, 1.807) is 24.4 Å². The molecule has 1 aromatic carbocycles. The number of rotatable bonds is 5. The van der Waals surface area contributed by atoms with Gasteiger partial charge in [0.2, 0.25) is 0 Å². The average Bonchev–Trinajstić information content (AvgIpc) is 2.96. The van der Waals surface area contributed by atoms with Gasteiger partial charge >= 0.3 is 5.97 Å². The fourth-order valence-corrected chi connectivity index (χ4v) is 2.50.